The minimum absolute atomic E-state index is 0.00275. The van der Waals surface area contributed by atoms with Gasteiger partial charge in [0, 0.05) is 13.1 Å². The van der Waals surface area contributed by atoms with Crippen molar-refractivity contribution in [2.45, 2.75) is 25.5 Å². The van der Waals surface area contributed by atoms with Crippen molar-refractivity contribution in [3.05, 3.63) is 22.4 Å². The summed E-state index contributed by atoms with van der Waals surface area (Å²) in [6.45, 7) is 1.47. The fourth-order valence-corrected chi connectivity index (χ4v) is 2.27. The number of ether oxygens (including phenoxy) is 1. The number of nitro groups is 1. The van der Waals surface area contributed by atoms with E-state index in [4.69, 9.17) is 9.84 Å². The molecule has 0 spiro atoms. The van der Waals surface area contributed by atoms with Crippen LogP contribution in [0.3, 0.4) is 0 Å². The van der Waals surface area contributed by atoms with E-state index in [1.165, 1.54) is 16.9 Å². The molecule has 0 saturated carbocycles. The fourth-order valence-electron chi connectivity index (χ4n) is 2.27. The van der Waals surface area contributed by atoms with Crippen LogP contribution in [-0.4, -0.2) is 63.0 Å². The highest BCUT2D eigenvalue weighted by molar-refractivity contribution is 5.76. The van der Waals surface area contributed by atoms with Crippen molar-refractivity contribution in [3.8, 4) is 0 Å². The maximum absolute atomic E-state index is 12.1. The number of hydrogen-bond acceptors (Lipinski definition) is 6. The lowest BCUT2D eigenvalue weighted by molar-refractivity contribution is -0.389. The Morgan fingerprint density at radius 3 is 2.81 bits per heavy atom. The normalized spacial score (nSPS) is 16.1. The van der Waals surface area contributed by atoms with Crippen LogP contribution >= 0.6 is 0 Å². The number of likely N-dealkylation sites (tertiary alicyclic amines) is 1. The Morgan fingerprint density at radius 1 is 1.52 bits per heavy atom. The number of hydrogen-bond donors (Lipinski definition) is 1. The van der Waals surface area contributed by atoms with E-state index in [2.05, 4.69) is 5.10 Å². The van der Waals surface area contributed by atoms with E-state index < -0.39 is 4.92 Å². The average Bonchev–Trinajstić information content (AvgIpc) is 2.94. The number of aliphatic hydroxyl groups is 1. The zero-order valence-electron chi connectivity index (χ0n) is 11.6. The van der Waals surface area contributed by atoms with E-state index in [9.17, 15) is 14.9 Å². The van der Waals surface area contributed by atoms with Gasteiger partial charge in [-0.3, -0.25) is 4.79 Å². The molecule has 1 aliphatic heterocycles. The number of carbonyl (C=O) groups is 1. The minimum atomic E-state index is -0.592. The number of carbonyl (C=O) groups excluding carboxylic acids is 1. The second-order valence-electron chi connectivity index (χ2n) is 4.80. The van der Waals surface area contributed by atoms with Crippen LogP contribution in [0.25, 0.3) is 0 Å². The number of aromatic nitrogens is 2. The van der Waals surface area contributed by atoms with Gasteiger partial charge in [-0.2, -0.15) is 4.68 Å². The second kappa shape index (κ2) is 7.14. The monoisotopic (exact) mass is 298 g/mol. The summed E-state index contributed by atoms with van der Waals surface area (Å²) in [6.07, 6.45) is 2.95. The van der Waals surface area contributed by atoms with Crippen LogP contribution in [0.15, 0.2) is 12.3 Å². The highest BCUT2D eigenvalue weighted by Gasteiger charge is 2.24. The molecule has 0 unspecified atom stereocenters. The summed E-state index contributed by atoms with van der Waals surface area (Å²) >= 11 is 0. The quantitative estimate of drug-likeness (QED) is 0.574. The molecule has 1 N–H and O–H groups in total. The molecule has 0 aliphatic carbocycles. The summed E-state index contributed by atoms with van der Waals surface area (Å²) in [7, 11) is 0. The molecule has 1 aliphatic rings. The van der Waals surface area contributed by atoms with Crippen LogP contribution in [0.2, 0.25) is 0 Å². The smallest absolute Gasteiger partial charge is 0.389 e. The van der Waals surface area contributed by atoms with E-state index in [0.29, 0.717) is 19.7 Å². The van der Waals surface area contributed by atoms with Crippen molar-refractivity contribution in [3.63, 3.8) is 0 Å². The molecule has 0 atom stereocenters. The van der Waals surface area contributed by atoms with Gasteiger partial charge in [-0.25, -0.2) is 0 Å². The third-order valence-electron chi connectivity index (χ3n) is 3.35. The van der Waals surface area contributed by atoms with E-state index in [1.54, 1.807) is 4.90 Å². The minimum Gasteiger partial charge on any atom is -0.394 e. The van der Waals surface area contributed by atoms with Crippen LogP contribution in [0, 0.1) is 10.1 Å². The van der Waals surface area contributed by atoms with Gasteiger partial charge < -0.3 is 24.9 Å². The van der Waals surface area contributed by atoms with Gasteiger partial charge in [-0.15, -0.1) is 0 Å². The Labute approximate surface area is 121 Å². The molecule has 9 heteroatoms. The number of piperidine rings is 1. The first kappa shape index (κ1) is 15.4. The molecule has 1 aromatic heterocycles. The molecule has 1 fully saturated rings. The molecule has 1 amide bonds. The zero-order valence-corrected chi connectivity index (χ0v) is 11.6. The van der Waals surface area contributed by atoms with Crippen LogP contribution in [-0.2, 0) is 16.1 Å². The van der Waals surface area contributed by atoms with Gasteiger partial charge in [-0.1, -0.05) is 0 Å². The SMILES string of the molecule is O=C(Cn1ccc([N+](=O)[O-])n1)N1CCC(OCCO)CC1. The van der Waals surface area contributed by atoms with Gasteiger partial charge in [0.05, 0.1) is 36.7 Å². The topological polar surface area (TPSA) is 111 Å². The molecule has 9 nitrogen and oxygen atoms in total. The van der Waals surface area contributed by atoms with Crippen LogP contribution < -0.4 is 0 Å². The lowest BCUT2D eigenvalue weighted by Crippen LogP contribution is -2.42. The van der Waals surface area contributed by atoms with Crippen molar-refractivity contribution < 1.29 is 19.6 Å². The van der Waals surface area contributed by atoms with Gasteiger partial charge in [0.1, 0.15) is 6.54 Å². The summed E-state index contributed by atoms with van der Waals surface area (Å²) in [6, 6.07) is 1.27. The molecule has 21 heavy (non-hydrogen) atoms. The number of amides is 1. The highest BCUT2D eigenvalue weighted by atomic mass is 16.6. The Morgan fingerprint density at radius 2 is 2.24 bits per heavy atom. The molecular formula is C12H18N4O5. The third kappa shape index (κ3) is 4.23. The van der Waals surface area contributed by atoms with E-state index in [1.807, 2.05) is 0 Å². The number of nitrogens with zero attached hydrogens (tertiary/aromatic N) is 4. The van der Waals surface area contributed by atoms with Crippen molar-refractivity contribution in [2.75, 3.05) is 26.3 Å². The van der Waals surface area contributed by atoms with Gasteiger partial charge in [0.2, 0.25) is 5.91 Å². The van der Waals surface area contributed by atoms with Crippen LogP contribution in [0.5, 0.6) is 0 Å². The van der Waals surface area contributed by atoms with Crippen molar-refractivity contribution in [1.29, 1.82) is 0 Å². The molecule has 2 rings (SSSR count). The summed E-state index contributed by atoms with van der Waals surface area (Å²) in [5.41, 5.74) is 0. The summed E-state index contributed by atoms with van der Waals surface area (Å²) < 4.78 is 6.70. The Bertz CT molecular complexity index is 496. The van der Waals surface area contributed by atoms with E-state index in [-0.39, 0.29) is 31.0 Å². The molecule has 1 saturated heterocycles. The average molecular weight is 298 g/mol. The molecule has 0 bridgehead atoms. The van der Waals surface area contributed by atoms with Gasteiger partial charge in [0.15, 0.2) is 0 Å². The van der Waals surface area contributed by atoms with E-state index >= 15 is 0 Å². The largest absolute Gasteiger partial charge is 0.394 e. The van der Waals surface area contributed by atoms with Gasteiger partial charge in [-0.05, 0) is 17.8 Å². The third-order valence-corrected chi connectivity index (χ3v) is 3.35. The van der Waals surface area contributed by atoms with Gasteiger partial charge >= 0.3 is 5.82 Å². The van der Waals surface area contributed by atoms with Crippen molar-refractivity contribution in [1.82, 2.24) is 14.7 Å². The summed E-state index contributed by atoms with van der Waals surface area (Å²) in [4.78, 5) is 23.7. The standard InChI is InChI=1S/C12H18N4O5/c17-7-8-21-10-1-4-14(5-2-10)12(18)9-15-6-3-11(13-15)16(19)20/h3,6,10,17H,1-2,4-5,7-9H2. The molecule has 116 valence electrons. The Balaban J connectivity index is 1.80. The lowest BCUT2D eigenvalue weighted by atomic mass is 10.1. The van der Waals surface area contributed by atoms with Gasteiger partial charge in [0.25, 0.3) is 0 Å². The maximum Gasteiger partial charge on any atom is 0.389 e. The first-order chi connectivity index (χ1) is 10.1. The predicted octanol–water partition coefficient (Wildman–Crippen LogP) is -0.209. The summed E-state index contributed by atoms with van der Waals surface area (Å²) in [5, 5.41) is 22.9. The van der Waals surface area contributed by atoms with Crippen LogP contribution in [0.4, 0.5) is 5.82 Å². The predicted molar refractivity (Wildman–Crippen MR) is 71.5 cm³/mol. The lowest BCUT2D eigenvalue weighted by Gasteiger charge is -2.31. The molecule has 0 aromatic carbocycles. The summed E-state index contributed by atoms with van der Waals surface area (Å²) in [5.74, 6) is -0.382. The molecule has 0 radical (unpaired) electrons. The van der Waals surface area contributed by atoms with Crippen molar-refractivity contribution in [2.24, 2.45) is 0 Å². The second-order valence-corrected chi connectivity index (χ2v) is 4.80. The van der Waals surface area contributed by atoms with Crippen LogP contribution in [0.1, 0.15) is 12.8 Å². The fraction of sp³-hybridized carbons (Fsp3) is 0.667. The Kier molecular flexibility index (Phi) is 5.23. The van der Waals surface area contributed by atoms with Crippen molar-refractivity contribution >= 4 is 11.7 Å². The number of aliphatic hydroxyl groups excluding tert-OH is 1. The Hall–Kier alpha value is -2.00. The molecule has 1 aromatic rings. The first-order valence-electron chi connectivity index (χ1n) is 6.78. The number of rotatable bonds is 6. The first-order valence-corrected chi connectivity index (χ1v) is 6.78. The highest BCUT2D eigenvalue weighted by Crippen LogP contribution is 2.14. The maximum atomic E-state index is 12.1. The molecule has 2 heterocycles. The van der Waals surface area contributed by atoms with E-state index in [0.717, 1.165) is 12.8 Å². The zero-order chi connectivity index (χ0) is 15.2. The molecular weight excluding hydrogens is 280 g/mol.